The van der Waals surface area contributed by atoms with Gasteiger partial charge in [-0.3, -0.25) is 0 Å². The van der Waals surface area contributed by atoms with E-state index in [0.29, 0.717) is 6.04 Å². The molecule has 1 aliphatic rings. The van der Waals surface area contributed by atoms with Gasteiger partial charge in [0.25, 0.3) is 0 Å². The summed E-state index contributed by atoms with van der Waals surface area (Å²) in [6.45, 7) is 4.91. The Labute approximate surface area is 111 Å². The largest absolute Gasteiger partial charge is 0.310 e. The van der Waals surface area contributed by atoms with E-state index in [-0.39, 0.29) is 0 Å². The summed E-state index contributed by atoms with van der Waals surface area (Å²) in [4.78, 5) is 0. The minimum absolute atomic E-state index is 0.592. The first-order chi connectivity index (χ1) is 8.92. The van der Waals surface area contributed by atoms with Crippen LogP contribution < -0.4 is 5.32 Å². The Morgan fingerprint density at radius 1 is 1.22 bits per heavy atom. The number of rotatable bonds is 7. The first-order valence-corrected chi connectivity index (χ1v) is 7.34. The van der Waals surface area contributed by atoms with Crippen molar-refractivity contribution in [1.29, 1.82) is 0 Å². The highest BCUT2D eigenvalue weighted by molar-refractivity contribution is 5.32. The van der Waals surface area contributed by atoms with Gasteiger partial charge in [-0.25, -0.2) is 0 Å². The molecule has 0 saturated heterocycles. The lowest BCUT2D eigenvalue weighted by Crippen LogP contribution is -2.26. The molecule has 1 aliphatic carbocycles. The number of aryl methyl sites for hydroxylation is 1. The third-order valence-electron chi connectivity index (χ3n) is 3.85. The molecule has 0 aliphatic heterocycles. The van der Waals surface area contributed by atoms with Crippen molar-refractivity contribution in [1.82, 2.24) is 5.32 Å². The lowest BCUT2D eigenvalue weighted by molar-refractivity contribution is 0.450. The van der Waals surface area contributed by atoms with Crippen molar-refractivity contribution in [2.45, 2.75) is 51.0 Å². The average molecular weight is 243 g/mol. The Morgan fingerprint density at radius 3 is 3.00 bits per heavy atom. The van der Waals surface area contributed by atoms with Crippen molar-refractivity contribution in [3.05, 3.63) is 48.0 Å². The second-order valence-corrected chi connectivity index (χ2v) is 5.24. The smallest absolute Gasteiger partial charge is 0.0323 e. The van der Waals surface area contributed by atoms with Gasteiger partial charge < -0.3 is 5.32 Å². The number of allylic oxidation sites excluding steroid dienone is 1. The van der Waals surface area contributed by atoms with E-state index < -0.39 is 0 Å². The Bertz CT molecular complexity index is 370. The summed E-state index contributed by atoms with van der Waals surface area (Å²) >= 11 is 0. The lowest BCUT2D eigenvalue weighted by atomic mass is 9.88. The Kier molecular flexibility index (Phi) is 5.47. The van der Waals surface area contributed by atoms with E-state index in [2.05, 4.69) is 36.2 Å². The molecule has 1 atom stereocenters. The summed E-state index contributed by atoms with van der Waals surface area (Å²) in [6.07, 6.45) is 10.9. The second-order valence-electron chi connectivity index (χ2n) is 5.24. The van der Waals surface area contributed by atoms with Crippen molar-refractivity contribution in [3.8, 4) is 0 Å². The maximum atomic E-state index is 3.76. The Morgan fingerprint density at radius 2 is 2.11 bits per heavy atom. The molecule has 18 heavy (non-hydrogen) atoms. The fourth-order valence-corrected chi connectivity index (χ4v) is 2.83. The molecule has 0 amide bonds. The van der Waals surface area contributed by atoms with Crippen LogP contribution in [-0.4, -0.2) is 6.54 Å². The number of hydrogen-bond donors (Lipinski definition) is 1. The zero-order chi connectivity index (χ0) is 12.6. The summed E-state index contributed by atoms with van der Waals surface area (Å²) in [6, 6.07) is 9.51. The zero-order valence-corrected chi connectivity index (χ0v) is 11.3. The van der Waals surface area contributed by atoms with E-state index in [1.54, 1.807) is 5.56 Å². The predicted molar refractivity (Wildman–Crippen MR) is 78.8 cm³/mol. The molecule has 1 nitrogen and oxygen atoms in total. The van der Waals surface area contributed by atoms with Crippen LogP contribution in [0.4, 0.5) is 0 Å². The molecule has 98 valence electrons. The van der Waals surface area contributed by atoms with Crippen molar-refractivity contribution in [2.75, 3.05) is 6.54 Å². The average Bonchev–Trinajstić information content (AvgIpc) is 2.43. The molecule has 0 bridgehead atoms. The van der Waals surface area contributed by atoms with E-state index in [0.717, 1.165) is 13.0 Å². The van der Waals surface area contributed by atoms with Gasteiger partial charge in [-0.05, 0) is 56.2 Å². The van der Waals surface area contributed by atoms with Gasteiger partial charge in [-0.2, -0.15) is 0 Å². The van der Waals surface area contributed by atoms with Gasteiger partial charge in [0.15, 0.2) is 0 Å². The Hall–Kier alpha value is -1.08. The van der Waals surface area contributed by atoms with E-state index in [4.69, 9.17) is 0 Å². The van der Waals surface area contributed by atoms with Crippen LogP contribution in [0.5, 0.6) is 0 Å². The number of unbranched alkanes of at least 4 members (excludes halogenated alkanes) is 3. The minimum Gasteiger partial charge on any atom is -0.310 e. The minimum atomic E-state index is 0.592. The molecule has 0 radical (unpaired) electrons. The molecule has 2 rings (SSSR count). The highest BCUT2D eigenvalue weighted by Crippen LogP contribution is 2.29. The van der Waals surface area contributed by atoms with Crippen LogP contribution in [0.2, 0.25) is 0 Å². The summed E-state index contributed by atoms with van der Waals surface area (Å²) < 4.78 is 0. The summed E-state index contributed by atoms with van der Waals surface area (Å²) in [7, 11) is 0. The third kappa shape index (κ3) is 3.71. The number of nitrogens with one attached hydrogen (secondary N) is 1. The topological polar surface area (TPSA) is 12.0 Å². The zero-order valence-electron chi connectivity index (χ0n) is 11.3. The van der Waals surface area contributed by atoms with Crippen molar-refractivity contribution >= 4 is 0 Å². The standard InChI is InChI=1S/C17H25N/c1-2-3-4-5-8-14-18-17-13-9-11-15-10-6-7-12-16(15)17/h2,6-7,10,12,17-18H,1,3-5,8-9,11,13-14H2. The molecule has 0 fully saturated rings. The van der Waals surface area contributed by atoms with Gasteiger partial charge in [0, 0.05) is 6.04 Å². The van der Waals surface area contributed by atoms with Gasteiger partial charge in [-0.1, -0.05) is 36.8 Å². The van der Waals surface area contributed by atoms with Gasteiger partial charge in [-0.15, -0.1) is 6.58 Å². The van der Waals surface area contributed by atoms with E-state index in [9.17, 15) is 0 Å². The summed E-state index contributed by atoms with van der Waals surface area (Å²) in [5, 5.41) is 3.73. The molecule has 0 saturated carbocycles. The molecule has 1 aromatic carbocycles. The van der Waals surface area contributed by atoms with Gasteiger partial charge in [0.2, 0.25) is 0 Å². The van der Waals surface area contributed by atoms with Crippen molar-refractivity contribution in [3.63, 3.8) is 0 Å². The van der Waals surface area contributed by atoms with Crippen LogP contribution in [0.1, 0.15) is 55.7 Å². The number of fused-ring (bicyclic) bond motifs is 1. The van der Waals surface area contributed by atoms with Crippen LogP contribution in [-0.2, 0) is 6.42 Å². The van der Waals surface area contributed by atoms with Crippen molar-refractivity contribution < 1.29 is 0 Å². The highest BCUT2D eigenvalue weighted by Gasteiger charge is 2.18. The van der Waals surface area contributed by atoms with Crippen LogP contribution in [0.3, 0.4) is 0 Å². The highest BCUT2D eigenvalue weighted by atomic mass is 14.9. The van der Waals surface area contributed by atoms with E-state index in [1.165, 1.54) is 44.1 Å². The summed E-state index contributed by atoms with van der Waals surface area (Å²) in [5.74, 6) is 0. The van der Waals surface area contributed by atoms with Gasteiger partial charge in [0.1, 0.15) is 0 Å². The molecule has 1 heteroatoms. The first kappa shape index (κ1) is 13.4. The van der Waals surface area contributed by atoms with Crippen LogP contribution in [0.25, 0.3) is 0 Å². The number of benzene rings is 1. The normalized spacial score (nSPS) is 18.3. The van der Waals surface area contributed by atoms with E-state index in [1.807, 2.05) is 6.08 Å². The maximum Gasteiger partial charge on any atom is 0.0323 e. The maximum absolute atomic E-state index is 3.76. The lowest BCUT2D eigenvalue weighted by Gasteiger charge is -2.26. The summed E-state index contributed by atoms with van der Waals surface area (Å²) in [5.41, 5.74) is 3.09. The van der Waals surface area contributed by atoms with Gasteiger partial charge in [0.05, 0.1) is 0 Å². The number of hydrogen-bond acceptors (Lipinski definition) is 1. The monoisotopic (exact) mass is 243 g/mol. The molecular weight excluding hydrogens is 218 g/mol. The van der Waals surface area contributed by atoms with Crippen LogP contribution in [0, 0.1) is 0 Å². The predicted octanol–water partition coefficient (Wildman–Crippen LogP) is 4.40. The fourth-order valence-electron chi connectivity index (χ4n) is 2.83. The molecule has 1 aromatic rings. The SMILES string of the molecule is C=CCCCCCNC1CCCc2ccccc21. The molecule has 0 spiro atoms. The molecule has 0 aromatic heterocycles. The van der Waals surface area contributed by atoms with Crippen LogP contribution >= 0.6 is 0 Å². The molecule has 1 unspecified atom stereocenters. The molecule has 0 heterocycles. The fraction of sp³-hybridized carbons (Fsp3) is 0.529. The van der Waals surface area contributed by atoms with Gasteiger partial charge >= 0.3 is 0 Å². The van der Waals surface area contributed by atoms with Crippen LogP contribution in [0.15, 0.2) is 36.9 Å². The quantitative estimate of drug-likeness (QED) is 0.553. The third-order valence-corrected chi connectivity index (χ3v) is 3.85. The first-order valence-electron chi connectivity index (χ1n) is 7.34. The molecular formula is C17H25N. The second kappa shape index (κ2) is 7.38. The molecule has 1 N–H and O–H groups in total. The Balaban J connectivity index is 1.75. The van der Waals surface area contributed by atoms with Crippen molar-refractivity contribution in [2.24, 2.45) is 0 Å². The van der Waals surface area contributed by atoms with E-state index >= 15 is 0 Å².